The minimum atomic E-state index is 0.489. The van der Waals surface area contributed by atoms with Crippen LogP contribution in [0.25, 0.3) is 0 Å². The molecule has 1 aromatic rings. The Morgan fingerprint density at radius 1 is 1.33 bits per heavy atom. The van der Waals surface area contributed by atoms with Crippen molar-refractivity contribution >= 4 is 0 Å². The maximum atomic E-state index is 6.12. The smallest absolute Gasteiger partial charge is 0.122 e. The molecule has 2 aliphatic rings. The summed E-state index contributed by atoms with van der Waals surface area (Å²) in [5, 5.41) is 0. The second-order valence-corrected chi connectivity index (χ2v) is 6.44. The van der Waals surface area contributed by atoms with Gasteiger partial charge in [0, 0.05) is 12.5 Å². The van der Waals surface area contributed by atoms with Crippen LogP contribution in [0.2, 0.25) is 0 Å². The Bertz CT molecular complexity index is 474. The van der Waals surface area contributed by atoms with Crippen molar-refractivity contribution in [1.82, 2.24) is 4.90 Å². The third-order valence-corrected chi connectivity index (χ3v) is 4.98. The van der Waals surface area contributed by atoms with Crippen molar-refractivity contribution in [2.24, 2.45) is 11.7 Å². The molecule has 0 aromatic heterocycles. The molecule has 3 heteroatoms. The van der Waals surface area contributed by atoms with Crippen LogP contribution in [0.15, 0.2) is 18.2 Å². The number of hydrogen-bond acceptors (Lipinski definition) is 3. The van der Waals surface area contributed by atoms with Crippen LogP contribution in [0.4, 0.5) is 0 Å². The Morgan fingerprint density at radius 3 is 3.05 bits per heavy atom. The highest BCUT2D eigenvalue weighted by molar-refractivity contribution is 5.41. The van der Waals surface area contributed by atoms with Crippen molar-refractivity contribution in [1.29, 1.82) is 0 Å². The molecule has 2 unspecified atom stereocenters. The highest BCUT2D eigenvalue weighted by Gasteiger charge is 2.30. The Balaban J connectivity index is 1.92. The number of benzene rings is 1. The lowest BCUT2D eigenvalue weighted by Gasteiger charge is -2.35. The number of rotatable bonds is 4. The topological polar surface area (TPSA) is 38.5 Å². The Labute approximate surface area is 128 Å². The second-order valence-electron chi connectivity index (χ2n) is 6.44. The van der Waals surface area contributed by atoms with E-state index in [-0.39, 0.29) is 0 Å². The summed E-state index contributed by atoms with van der Waals surface area (Å²) >= 11 is 0. The van der Waals surface area contributed by atoms with Crippen LogP contribution in [0.5, 0.6) is 5.75 Å². The normalized spacial score (nSPS) is 26.2. The van der Waals surface area contributed by atoms with Crippen LogP contribution in [0.3, 0.4) is 0 Å². The van der Waals surface area contributed by atoms with E-state index in [1.54, 1.807) is 0 Å². The fourth-order valence-electron chi connectivity index (χ4n) is 3.97. The molecule has 21 heavy (non-hydrogen) atoms. The quantitative estimate of drug-likeness (QED) is 0.925. The molecule has 1 fully saturated rings. The Kier molecular flexibility index (Phi) is 4.81. The van der Waals surface area contributed by atoms with Gasteiger partial charge in [-0.2, -0.15) is 0 Å². The maximum absolute atomic E-state index is 6.12. The van der Waals surface area contributed by atoms with E-state index in [0.29, 0.717) is 12.0 Å². The summed E-state index contributed by atoms with van der Waals surface area (Å²) in [4.78, 5) is 2.67. The lowest BCUT2D eigenvalue weighted by atomic mass is 9.88. The minimum absolute atomic E-state index is 0.489. The van der Waals surface area contributed by atoms with Gasteiger partial charge in [-0.15, -0.1) is 0 Å². The zero-order valence-electron chi connectivity index (χ0n) is 13.2. The molecule has 0 radical (unpaired) electrons. The predicted octanol–water partition coefficient (Wildman–Crippen LogP) is 3.13. The molecular weight excluding hydrogens is 260 g/mol. The molecule has 2 N–H and O–H groups in total. The van der Waals surface area contributed by atoms with E-state index in [2.05, 4.69) is 30.0 Å². The molecule has 3 rings (SSSR count). The first-order valence-corrected chi connectivity index (χ1v) is 8.53. The summed E-state index contributed by atoms with van der Waals surface area (Å²) in [5.41, 5.74) is 8.95. The highest BCUT2D eigenvalue weighted by Crippen LogP contribution is 2.37. The van der Waals surface area contributed by atoms with Crippen LogP contribution in [0, 0.1) is 5.92 Å². The van der Waals surface area contributed by atoms with Crippen molar-refractivity contribution in [3.8, 4) is 5.75 Å². The van der Waals surface area contributed by atoms with E-state index >= 15 is 0 Å². The molecule has 0 aliphatic carbocycles. The first-order chi connectivity index (χ1) is 10.3. The van der Waals surface area contributed by atoms with Gasteiger partial charge in [0.15, 0.2) is 0 Å². The van der Waals surface area contributed by atoms with E-state index in [1.165, 1.54) is 49.9 Å². The van der Waals surface area contributed by atoms with E-state index in [1.807, 2.05) is 0 Å². The van der Waals surface area contributed by atoms with E-state index < -0.39 is 0 Å². The van der Waals surface area contributed by atoms with Gasteiger partial charge >= 0.3 is 0 Å². The third kappa shape index (κ3) is 3.09. The molecule has 1 aromatic carbocycles. The van der Waals surface area contributed by atoms with Gasteiger partial charge in [0.2, 0.25) is 0 Å². The van der Waals surface area contributed by atoms with Crippen LogP contribution in [-0.4, -0.2) is 31.1 Å². The van der Waals surface area contributed by atoms with Gasteiger partial charge in [-0.3, -0.25) is 4.90 Å². The summed E-state index contributed by atoms with van der Waals surface area (Å²) in [6.45, 7) is 6.29. The van der Waals surface area contributed by atoms with Gasteiger partial charge in [-0.05, 0) is 62.0 Å². The van der Waals surface area contributed by atoms with Gasteiger partial charge < -0.3 is 10.5 Å². The number of likely N-dealkylation sites (tertiary alicyclic amines) is 1. The van der Waals surface area contributed by atoms with E-state index in [9.17, 15) is 0 Å². The van der Waals surface area contributed by atoms with Crippen LogP contribution >= 0.6 is 0 Å². The van der Waals surface area contributed by atoms with Gasteiger partial charge in [0.05, 0.1) is 6.61 Å². The molecule has 0 bridgehead atoms. The van der Waals surface area contributed by atoms with Crippen LogP contribution in [0.1, 0.15) is 49.8 Å². The zero-order chi connectivity index (χ0) is 14.7. The van der Waals surface area contributed by atoms with Crippen LogP contribution < -0.4 is 10.5 Å². The number of nitrogens with zero attached hydrogens (tertiary/aromatic N) is 1. The molecular formula is C18H28N2O. The SMILES string of the molecule is CCCN1CCCCC(CN)C1c1ccc2c(c1)CCO2. The zero-order valence-corrected chi connectivity index (χ0v) is 13.2. The lowest BCUT2D eigenvalue weighted by molar-refractivity contribution is 0.158. The largest absolute Gasteiger partial charge is 0.493 e. The van der Waals surface area contributed by atoms with Crippen molar-refractivity contribution < 1.29 is 4.74 Å². The first kappa shape index (κ1) is 14.9. The van der Waals surface area contributed by atoms with Crippen molar-refractivity contribution in [2.75, 3.05) is 26.2 Å². The van der Waals surface area contributed by atoms with E-state index in [0.717, 1.165) is 25.3 Å². The molecule has 116 valence electrons. The summed E-state index contributed by atoms with van der Waals surface area (Å²) < 4.78 is 5.65. The predicted molar refractivity (Wildman–Crippen MR) is 86.6 cm³/mol. The van der Waals surface area contributed by atoms with Crippen molar-refractivity contribution in [3.63, 3.8) is 0 Å². The average molecular weight is 288 g/mol. The van der Waals surface area contributed by atoms with Crippen molar-refractivity contribution in [2.45, 2.75) is 45.1 Å². The fraction of sp³-hybridized carbons (Fsp3) is 0.667. The maximum Gasteiger partial charge on any atom is 0.122 e. The lowest BCUT2D eigenvalue weighted by Crippen LogP contribution is -2.36. The molecule has 2 heterocycles. The molecule has 1 saturated heterocycles. The Hall–Kier alpha value is -1.06. The number of hydrogen-bond donors (Lipinski definition) is 1. The number of fused-ring (bicyclic) bond motifs is 1. The van der Waals surface area contributed by atoms with E-state index in [4.69, 9.17) is 10.5 Å². The highest BCUT2D eigenvalue weighted by atomic mass is 16.5. The molecule has 0 spiro atoms. The first-order valence-electron chi connectivity index (χ1n) is 8.53. The number of nitrogens with two attached hydrogens (primary N) is 1. The summed E-state index contributed by atoms with van der Waals surface area (Å²) in [6, 6.07) is 7.30. The minimum Gasteiger partial charge on any atom is -0.493 e. The number of ether oxygens (including phenoxy) is 1. The fourth-order valence-corrected chi connectivity index (χ4v) is 3.97. The second kappa shape index (κ2) is 6.80. The summed E-state index contributed by atoms with van der Waals surface area (Å²) in [5.74, 6) is 1.66. The van der Waals surface area contributed by atoms with Gasteiger partial charge in [0.1, 0.15) is 5.75 Å². The third-order valence-electron chi connectivity index (χ3n) is 4.98. The van der Waals surface area contributed by atoms with Gasteiger partial charge in [-0.25, -0.2) is 0 Å². The molecule has 0 amide bonds. The molecule has 3 nitrogen and oxygen atoms in total. The monoisotopic (exact) mass is 288 g/mol. The molecule has 2 atom stereocenters. The standard InChI is InChI=1S/C18H28N2O/c1-2-9-20-10-4-3-5-16(13-19)18(20)15-6-7-17-14(12-15)8-11-21-17/h6-7,12,16,18H,2-5,8-11,13,19H2,1H3. The van der Waals surface area contributed by atoms with Gasteiger partial charge in [0.25, 0.3) is 0 Å². The molecule has 2 aliphatic heterocycles. The molecule has 0 saturated carbocycles. The van der Waals surface area contributed by atoms with Crippen LogP contribution in [-0.2, 0) is 6.42 Å². The van der Waals surface area contributed by atoms with Gasteiger partial charge in [-0.1, -0.05) is 25.5 Å². The average Bonchev–Trinajstić information content (AvgIpc) is 2.87. The Morgan fingerprint density at radius 2 is 2.24 bits per heavy atom. The van der Waals surface area contributed by atoms with Crippen molar-refractivity contribution in [3.05, 3.63) is 29.3 Å². The summed E-state index contributed by atoms with van der Waals surface area (Å²) in [7, 11) is 0. The summed E-state index contributed by atoms with van der Waals surface area (Å²) in [6.07, 6.45) is 6.14.